The van der Waals surface area contributed by atoms with Gasteiger partial charge in [-0.15, -0.1) is 0 Å². The third kappa shape index (κ3) is 1.93. The van der Waals surface area contributed by atoms with E-state index >= 15 is 0 Å². The molecule has 3 N–H and O–H groups in total. The van der Waals surface area contributed by atoms with Crippen molar-refractivity contribution in [1.82, 2.24) is 5.32 Å². The molecule has 2 aliphatic rings. The molecule has 0 amide bonds. The first-order valence-corrected chi connectivity index (χ1v) is 6.14. The van der Waals surface area contributed by atoms with E-state index in [1.165, 1.54) is 22.4 Å². The Morgan fingerprint density at radius 1 is 1.28 bits per heavy atom. The van der Waals surface area contributed by atoms with E-state index in [0.29, 0.717) is 6.04 Å². The predicted octanol–water partition coefficient (Wildman–Crippen LogP) is 2.71. The Morgan fingerprint density at radius 3 is 2.89 bits per heavy atom. The molecule has 1 unspecified atom stereocenters. The summed E-state index contributed by atoms with van der Waals surface area (Å²) >= 11 is 0. The maximum atomic E-state index is 5.14. The molecule has 1 atom stereocenters. The molecule has 0 radical (unpaired) electrons. The van der Waals surface area contributed by atoms with Crippen LogP contribution in [-0.2, 0) is 4.84 Å². The molecule has 1 heterocycles. The molecular weight excluding hydrogens is 224 g/mol. The summed E-state index contributed by atoms with van der Waals surface area (Å²) in [6.45, 7) is 0. The first kappa shape index (κ1) is 11.1. The van der Waals surface area contributed by atoms with Gasteiger partial charge >= 0.3 is 0 Å². The lowest BCUT2D eigenvalue weighted by molar-refractivity contribution is 0.258. The molecule has 92 valence electrons. The Hall–Kier alpha value is -2.00. The van der Waals surface area contributed by atoms with Gasteiger partial charge in [-0.2, -0.15) is 5.90 Å². The second-order valence-corrected chi connectivity index (χ2v) is 4.59. The van der Waals surface area contributed by atoms with E-state index in [1.54, 1.807) is 6.26 Å². The third-order valence-corrected chi connectivity index (χ3v) is 3.49. The molecule has 1 aliphatic carbocycles. The van der Waals surface area contributed by atoms with Gasteiger partial charge in [0.2, 0.25) is 0 Å². The van der Waals surface area contributed by atoms with E-state index in [2.05, 4.69) is 46.6 Å². The first-order valence-electron chi connectivity index (χ1n) is 6.14. The summed E-state index contributed by atoms with van der Waals surface area (Å²) in [6.07, 6.45) is 7.79. The summed E-state index contributed by atoms with van der Waals surface area (Å²) in [7, 11) is 0. The van der Waals surface area contributed by atoms with Gasteiger partial charge in [-0.3, -0.25) is 0 Å². The maximum Gasteiger partial charge on any atom is 0.114 e. The highest BCUT2D eigenvalue weighted by atomic mass is 16.6. The summed E-state index contributed by atoms with van der Waals surface area (Å²) in [5.74, 6) is 5.14. The van der Waals surface area contributed by atoms with Gasteiger partial charge in [0.25, 0.3) is 0 Å². The molecule has 0 bridgehead atoms. The molecular formula is C15H16N2O. The summed E-state index contributed by atoms with van der Waals surface area (Å²) in [5, 5.41) is 3.55. The quantitative estimate of drug-likeness (QED) is 0.617. The first-order chi connectivity index (χ1) is 8.88. The van der Waals surface area contributed by atoms with Gasteiger partial charge in [0.15, 0.2) is 0 Å². The van der Waals surface area contributed by atoms with Crippen LogP contribution in [0.25, 0.3) is 0 Å². The third-order valence-electron chi connectivity index (χ3n) is 3.49. The SMILES string of the molecule is NO/C=C1\CC=CC2=C1CC(c1ccccc1)N2. The van der Waals surface area contributed by atoms with Crippen LogP contribution >= 0.6 is 0 Å². The molecule has 0 saturated carbocycles. The summed E-state index contributed by atoms with van der Waals surface area (Å²) in [6, 6.07) is 10.8. The van der Waals surface area contributed by atoms with Crippen LogP contribution in [-0.4, -0.2) is 0 Å². The van der Waals surface area contributed by atoms with Crippen LogP contribution in [0.5, 0.6) is 0 Å². The van der Waals surface area contributed by atoms with Crippen molar-refractivity contribution in [3.63, 3.8) is 0 Å². The van der Waals surface area contributed by atoms with Crippen LogP contribution < -0.4 is 11.2 Å². The fourth-order valence-corrected chi connectivity index (χ4v) is 2.61. The Labute approximate surface area is 107 Å². The highest BCUT2D eigenvalue weighted by molar-refractivity contribution is 5.48. The molecule has 1 aromatic rings. The fraction of sp³-hybridized carbons (Fsp3) is 0.200. The minimum atomic E-state index is 0.347. The van der Waals surface area contributed by atoms with Crippen LogP contribution in [0.3, 0.4) is 0 Å². The maximum absolute atomic E-state index is 5.14. The number of allylic oxidation sites excluding steroid dienone is 3. The van der Waals surface area contributed by atoms with Crippen molar-refractivity contribution in [3.05, 3.63) is 71.2 Å². The topological polar surface area (TPSA) is 47.3 Å². The summed E-state index contributed by atoms with van der Waals surface area (Å²) in [4.78, 5) is 4.67. The predicted molar refractivity (Wildman–Crippen MR) is 71.1 cm³/mol. The molecule has 18 heavy (non-hydrogen) atoms. The van der Waals surface area contributed by atoms with Crippen LogP contribution in [0.2, 0.25) is 0 Å². The standard InChI is InChI=1S/C15H16N2O/c16-18-10-12-7-4-8-14-13(12)9-15(17-14)11-5-2-1-3-6-11/h1-6,8,10,15,17H,7,9,16H2/b12-10+. The van der Waals surface area contributed by atoms with Gasteiger partial charge in [-0.1, -0.05) is 36.4 Å². The van der Waals surface area contributed by atoms with Gasteiger partial charge in [0.05, 0.1) is 6.04 Å². The van der Waals surface area contributed by atoms with Crippen LogP contribution in [0.15, 0.2) is 65.6 Å². The zero-order valence-corrected chi connectivity index (χ0v) is 10.1. The second-order valence-electron chi connectivity index (χ2n) is 4.59. The number of benzene rings is 1. The number of nitrogens with one attached hydrogen (secondary N) is 1. The second kappa shape index (κ2) is 4.70. The van der Waals surface area contributed by atoms with E-state index < -0.39 is 0 Å². The molecule has 0 fully saturated rings. The van der Waals surface area contributed by atoms with Gasteiger partial charge in [0.1, 0.15) is 6.26 Å². The summed E-state index contributed by atoms with van der Waals surface area (Å²) < 4.78 is 0. The minimum absolute atomic E-state index is 0.347. The lowest BCUT2D eigenvalue weighted by Gasteiger charge is -2.12. The van der Waals surface area contributed by atoms with E-state index in [4.69, 9.17) is 5.90 Å². The highest BCUT2D eigenvalue weighted by Gasteiger charge is 2.26. The van der Waals surface area contributed by atoms with Crippen molar-refractivity contribution in [2.24, 2.45) is 5.90 Å². The van der Waals surface area contributed by atoms with E-state index in [-0.39, 0.29) is 0 Å². The normalized spacial score (nSPS) is 24.1. The smallest absolute Gasteiger partial charge is 0.114 e. The zero-order valence-electron chi connectivity index (χ0n) is 10.1. The number of hydrogen-bond donors (Lipinski definition) is 2. The molecule has 3 heteroatoms. The van der Waals surface area contributed by atoms with Crippen LogP contribution in [0.1, 0.15) is 24.4 Å². The van der Waals surface area contributed by atoms with Crippen molar-refractivity contribution in [1.29, 1.82) is 0 Å². The van der Waals surface area contributed by atoms with E-state index in [1.807, 2.05) is 6.07 Å². The molecule has 0 aromatic heterocycles. The average molecular weight is 240 g/mol. The minimum Gasteiger partial charge on any atom is -0.419 e. The molecule has 1 aromatic carbocycles. The van der Waals surface area contributed by atoms with Gasteiger partial charge in [-0.05, 0) is 35.6 Å². The van der Waals surface area contributed by atoms with E-state index in [9.17, 15) is 0 Å². The zero-order chi connectivity index (χ0) is 12.4. The Morgan fingerprint density at radius 2 is 2.11 bits per heavy atom. The van der Waals surface area contributed by atoms with Gasteiger partial charge in [0, 0.05) is 5.70 Å². The van der Waals surface area contributed by atoms with Crippen molar-refractivity contribution in [2.45, 2.75) is 18.9 Å². The molecule has 1 aliphatic heterocycles. The van der Waals surface area contributed by atoms with Crippen molar-refractivity contribution in [2.75, 3.05) is 0 Å². The molecule has 3 rings (SSSR count). The Balaban J connectivity index is 1.85. The Bertz CT molecular complexity index is 529. The highest BCUT2D eigenvalue weighted by Crippen LogP contribution is 2.37. The number of rotatable bonds is 2. The molecule has 0 spiro atoms. The van der Waals surface area contributed by atoms with Crippen molar-refractivity contribution >= 4 is 0 Å². The largest absolute Gasteiger partial charge is 0.419 e. The van der Waals surface area contributed by atoms with Gasteiger partial charge < -0.3 is 10.2 Å². The van der Waals surface area contributed by atoms with Crippen LogP contribution in [0, 0.1) is 0 Å². The van der Waals surface area contributed by atoms with Crippen molar-refractivity contribution < 1.29 is 4.84 Å². The fourth-order valence-electron chi connectivity index (χ4n) is 2.61. The molecule has 0 saturated heterocycles. The molecule has 3 nitrogen and oxygen atoms in total. The lowest BCUT2D eigenvalue weighted by Crippen LogP contribution is -2.13. The van der Waals surface area contributed by atoms with Crippen LogP contribution in [0.4, 0.5) is 0 Å². The summed E-state index contributed by atoms with van der Waals surface area (Å²) in [5.41, 5.74) is 4.99. The number of hydrogen-bond acceptors (Lipinski definition) is 3. The van der Waals surface area contributed by atoms with Gasteiger partial charge in [-0.25, -0.2) is 0 Å². The monoisotopic (exact) mass is 240 g/mol. The van der Waals surface area contributed by atoms with Crippen molar-refractivity contribution in [3.8, 4) is 0 Å². The lowest BCUT2D eigenvalue weighted by atomic mass is 9.94. The Kier molecular flexibility index (Phi) is 2.90. The average Bonchev–Trinajstić information content (AvgIpc) is 2.85. The number of nitrogens with two attached hydrogens (primary N) is 1. The van der Waals surface area contributed by atoms with E-state index in [0.717, 1.165) is 12.8 Å².